The molecule has 1 saturated heterocycles. The lowest BCUT2D eigenvalue weighted by Crippen LogP contribution is -2.56. The van der Waals surface area contributed by atoms with Gasteiger partial charge in [0, 0.05) is 43.0 Å². The molecule has 6 atom stereocenters. The summed E-state index contributed by atoms with van der Waals surface area (Å²) in [6.45, 7) is 6.58. The predicted octanol–water partition coefficient (Wildman–Crippen LogP) is 5.21. The van der Waals surface area contributed by atoms with Gasteiger partial charge in [-0.05, 0) is 124 Å². The first-order valence-corrected chi connectivity index (χ1v) is 22.0. The van der Waals surface area contributed by atoms with E-state index in [0.29, 0.717) is 75.8 Å². The van der Waals surface area contributed by atoms with E-state index in [1.165, 1.54) is 6.26 Å². The van der Waals surface area contributed by atoms with Crippen LogP contribution >= 0.6 is 11.6 Å². The van der Waals surface area contributed by atoms with Gasteiger partial charge >= 0.3 is 0 Å². The number of halogens is 1. The quantitative estimate of drug-likeness (QED) is 0.434. The van der Waals surface area contributed by atoms with Crippen LogP contribution in [0.15, 0.2) is 36.4 Å². The van der Waals surface area contributed by atoms with E-state index >= 15 is 0 Å². The lowest BCUT2D eigenvalue weighted by Gasteiger charge is -2.50. The highest BCUT2D eigenvalue weighted by molar-refractivity contribution is 7.91. The summed E-state index contributed by atoms with van der Waals surface area (Å²) in [5.74, 6) is -0.161. The fourth-order valence-electron chi connectivity index (χ4n) is 8.47. The van der Waals surface area contributed by atoms with Crippen molar-refractivity contribution in [3.63, 3.8) is 0 Å². The van der Waals surface area contributed by atoms with Crippen molar-refractivity contribution in [2.75, 3.05) is 43.9 Å². The fourth-order valence-corrected chi connectivity index (χ4v) is 11.0. The van der Waals surface area contributed by atoms with Crippen LogP contribution in [0, 0.1) is 17.8 Å². The van der Waals surface area contributed by atoms with Crippen molar-refractivity contribution in [3.05, 3.63) is 58.1 Å². The van der Waals surface area contributed by atoms with Gasteiger partial charge in [-0.25, -0.2) is 21.6 Å². The third kappa shape index (κ3) is 8.30. The highest BCUT2D eigenvalue weighted by Gasteiger charge is 2.48. The Labute approximate surface area is 302 Å². The molecule has 1 amide bonds. The summed E-state index contributed by atoms with van der Waals surface area (Å²) in [5, 5.41) is 12.0. The Morgan fingerprint density at radius 2 is 1.80 bits per heavy atom. The standard InChI is InChI=1S/C37H52ClN3O7S2/c1-25-7-6-16-37(43,24-40-18-15-32(22-40)49(3,44)45)33-13-10-29(33)21-41-17-5-4-8-27-19-31(38)12-9-30(27)23-48-35-14-11-28(20-34(35)41)36(42)39-50(46,47)26(25)2/h9,11-12,14,19-20,25-26,29,32-33,43H,4-8,10,13,15-18,21-24H2,1-3H3,(H,39,42)/t25-,26+,29-,32+,33+,37+/m0/s1. The highest BCUT2D eigenvalue weighted by atomic mass is 35.5. The van der Waals surface area contributed by atoms with Gasteiger partial charge in [0.2, 0.25) is 10.0 Å². The van der Waals surface area contributed by atoms with E-state index in [-0.39, 0.29) is 23.3 Å². The molecule has 2 N–H and O–H groups in total. The molecule has 276 valence electrons. The molecular weight excluding hydrogens is 698 g/mol. The summed E-state index contributed by atoms with van der Waals surface area (Å²) in [7, 11) is -7.18. The van der Waals surface area contributed by atoms with E-state index in [1.54, 1.807) is 25.1 Å². The largest absolute Gasteiger partial charge is 0.487 e. The number of hydrogen-bond donors (Lipinski definition) is 2. The van der Waals surface area contributed by atoms with Crippen LogP contribution in [0.5, 0.6) is 5.75 Å². The zero-order chi connectivity index (χ0) is 35.8. The minimum Gasteiger partial charge on any atom is -0.487 e. The number of sulfone groups is 1. The summed E-state index contributed by atoms with van der Waals surface area (Å²) in [5.41, 5.74) is 2.10. The number of rotatable bonds is 3. The molecule has 0 radical (unpaired) electrons. The van der Waals surface area contributed by atoms with Crippen molar-refractivity contribution < 1.29 is 31.5 Å². The Morgan fingerprint density at radius 3 is 2.52 bits per heavy atom. The number of aliphatic hydroxyl groups is 1. The van der Waals surface area contributed by atoms with E-state index in [1.807, 2.05) is 25.1 Å². The van der Waals surface area contributed by atoms with Crippen LogP contribution in [0.4, 0.5) is 5.69 Å². The van der Waals surface area contributed by atoms with Crippen LogP contribution in [0.25, 0.3) is 0 Å². The van der Waals surface area contributed by atoms with Gasteiger partial charge in [0.15, 0.2) is 9.84 Å². The summed E-state index contributed by atoms with van der Waals surface area (Å²) in [6, 6.07) is 11.0. The third-order valence-electron chi connectivity index (χ3n) is 11.9. The highest BCUT2D eigenvalue weighted by Crippen LogP contribution is 2.47. The van der Waals surface area contributed by atoms with Crippen molar-refractivity contribution in [2.45, 2.75) is 94.3 Å². The zero-order valence-electron chi connectivity index (χ0n) is 29.4. The van der Waals surface area contributed by atoms with E-state index in [4.69, 9.17) is 16.3 Å². The first-order valence-electron chi connectivity index (χ1n) is 18.1. The summed E-state index contributed by atoms with van der Waals surface area (Å²) in [6.07, 6.45) is 7.97. The summed E-state index contributed by atoms with van der Waals surface area (Å²) >= 11 is 6.36. The first-order chi connectivity index (χ1) is 23.6. The molecule has 10 nitrogen and oxygen atoms in total. The van der Waals surface area contributed by atoms with Gasteiger partial charge in [-0.2, -0.15) is 0 Å². The normalized spacial score (nSPS) is 31.3. The predicted molar refractivity (Wildman–Crippen MR) is 197 cm³/mol. The fraction of sp³-hybridized carbons (Fsp3) is 0.649. The molecule has 50 heavy (non-hydrogen) atoms. The Balaban J connectivity index is 1.36. The van der Waals surface area contributed by atoms with Crippen molar-refractivity contribution in [3.8, 4) is 5.75 Å². The van der Waals surface area contributed by atoms with Gasteiger partial charge in [0.05, 0.1) is 21.8 Å². The molecule has 13 heteroatoms. The van der Waals surface area contributed by atoms with Crippen molar-refractivity contribution in [2.24, 2.45) is 17.8 Å². The maximum absolute atomic E-state index is 13.5. The number of β-amino-alcohol motifs (C(OH)–C–C–N with tert-alkyl or cyclic N) is 1. The lowest BCUT2D eigenvalue weighted by molar-refractivity contribution is -0.103. The minimum atomic E-state index is -3.99. The maximum Gasteiger partial charge on any atom is 0.264 e. The van der Waals surface area contributed by atoms with Crippen molar-refractivity contribution in [1.29, 1.82) is 0 Å². The minimum absolute atomic E-state index is 0.00965. The summed E-state index contributed by atoms with van der Waals surface area (Å²) < 4.78 is 60.5. The molecule has 0 spiro atoms. The van der Waals surface area contributed by atoms with Crippen molar-refractivity contribution >= 4 is 43.1 Å². The zero-order valence-corrected chi connectivity index (χ0v) is 31.8. The average Bonchev–Trinajstić information content (AvgIpc) is 3.50. The molecule has 3 aliphatic heterocycles. The average molecular weight is 750 g/mol. The number of benzene rings is 2. The van der Waals surface area contributed by atoms with Gasteiger partial charge in [-0.1, -0.05) is 31.0 Å². The third-order valence-corrected chi connectivity index (χ3v) is 15.7. The smallest absolute Gasteiger partial charge is 0.264 e. The van der Waals surface area contributed by atoms with Crippen LogP contribution < -0.4 is 14.4 Å². The topological polar surface area (TPSA) is 133 Å². The first kappa shape index (κ1) is 37.4. The van der Waals surface area contributed by atoms with Crippen LogP contribution in [-0.2, 0) is 32.9 Å². The van der Waals surface area contributed by atoms with Crippen LogP contribution in [0.2, 0.25) is 5.02 Å². The Hall–Kier alpha value is -2.38. The molecule has 3 heterocycles. The number of aryl methyl sites for hydroxylation is 1. The monoisotopic (exact) mass is 749 g/mol. The molecule has 2 aromatic rings. The molecule has 0 unspecified atom stereocenters. The molecular formula is C37H52ClN3O7S2. The van der Waals surface area contributed by atoms with E-state index in [9.17, 15) is 26.7 Å². The molecule has 6 rings (SSSR count). The number of likely N-dealkylation sites (tertiary alicyclic amines) is 1. The van der Waals surface area contributed by atoms with Gasteiger partial charge in [-0.3, -0.25) is 9.69 Å². The second-order valence-electron chi connectivity index (χ2n) is 15.4. The SMILES string of the molecule is C[C@@H]1[C@@H](C)CCC[C@@](O)(CN2CC[C@@H](S(C)(=O)=O)C2)[C@@H]2CC[C@H]2CN2CCCCc3cc(Cl)ccc3COc3ccc(cc32)C(=O)NS1(=O)=O. The Morgan fingerprint density at radius 1 is 1.00 bits per heavy atom. The number of fused-ring (bicyclic) bond motifs is 3. The number of carbonyl (C=O) groups excluding carboxylic acids is 1. The van der Waals surface area contributed by atoms with Crippen LogP contribution in [0.1, 0.15) is 86.7 Å². The second-order valence-corrected chi connectivity index (χ2v) is 20.2. The molecule has 2 aromatic carbocycles. The molecule has 1 saturated carbocycles. The second kappa shape index (κ2) is 14.9. The van der Waals surface area contributed by atoms with E-state index in [2.05, 4.69) is 14.5 Å². The van der Waals surface area contributed by atoms with E-state index < -0.39 is 41.9 Å². The molecule has 1 aliphatic carbocycles. The van der Waals surface area contributed by atoms with E-state index in [0.717, 1.165) is 48.9 Å². The number of sulfonamides is 1. The number of hydrogen-bond acceptors (Lipinski definition) is 9. The summed E-state index contributed by atoms with van der Waals surface area (Å²) in [4.78, 5) is 17.9. The van der Waals surface area contributed by atoms with Gasteiger partial charge < -0.3 is 14.7 Å². The number of amides is 1. The van der Waals surface area contributed by atoms with Crippen molar-refractivity contribution in [1.82, 2.24) is 9.62 Å². The Bertz CT molecular complexity index is 1790. The van der Waals surface area contributed by atoms with Gasteiger partial charge in [0.1, 0.15) is 12.4 Å². The number of nitrogens with one attached hydrogen (secondary N) is 1. The van der Waals surface area contributed by atoms with Crippen LogP contribution in [0.3, 0.4) is 0 Å². The van der Waals surface area contributed by atoms with Gasteiger partial charge in [-0.15, -0.1) is 0 Å². The van der Waals surface area contributed by atoms with Gasteiger partial charge in [0.25, 0.3) is 5.91 Å². The molecule has 0 aromatic heterocycles. The Kier molecular flexibility index (Phi) is 11.2. The molecule has 2 bridgehead atoms. The molecule has 2 fully saturated rings. The number of nitrogens with zero attached hydrogens (tertiary/aromatic N) is 2. The number of ether oxygens (including phenoxy) is 1. The maximum atomic E-state index is 13.5. The molecule has 4 aliphatic rings. The lowest BCUT2D eigenvalue weighted by atomic mass is 9.62. The van der Waals surface area contributed by atoms with Crippen LogP contribution in [-0.4, -0.2) is 87.8 Å². The number of anilines is 1. The number of carbonyl (C=O) groups is 1.